The van der Waals surface area contributed by atoms with Gasteiger partial charge in [0.05, 0.1) is 68.4 Å². The Morgan fingerprint density at radius 3 is 1.09 bits per heavy atom. The molecule has 8 heteroatoms. The number of pyridine rings is 2. The lowest BCUT2D eigenvalue weighted by Gasteiger charge is -2.07. The highest BCUT2D eigenvalue weighted by atomic mass is 19.1. The van der Waals surface area contributed by atoms with Crippen LogP contribution in [0, 0.1) is 25.5 Å². The summed E-state index contributed by atoms with van der Waals surface area (Å²) in [4.78, 5) is 28.2. The van der Waals surface area contributed by atoms with E-state index >= 15 is 0 Å². The Kier molecular flexibility index (Phi) is 9.76. The van der Waals surface area contributed by atoms with Gasteiger partial charge in [0.2, 0.25) is 0 Å². The summed E-state index contributed by atoms with van der Waals surface area (Å²) in [6, 6.07) is 28.7. The van der Waals surface area contributed by atoms with E-state index in [1.54, 1.807) is 38.1 Å². The second kappa shape index (κ2) is 14.1. The van der Waals surface area contributed by atoms with Crippen molar-refractivity contribution in [1.82, 2.24) is 9.97 Å². The number of benzene rings is 3. The van der Waals surface area contributed by atoms with Crippen molar-refractivity contribution >= 4 is 45.6 Å². The van der Waals surface area contributed by atoms with Gasteiger partial charge in [-0.25, -0.2) is 18.7 Å². The Labute approximate surface area is 268 Å². The van der Waals surface area contributed by atoms with E-state index in [2.05, 4.69) is 9.98 Å². The minimum atomic E-state index is -0.286. The zero-order valence-electron chi connectivity index (χ0n) is 26.7. The SMILES string of the molecule is C/C(=N\c1ccc(/N=C(\C)c2cccc(/C(C)=N/c3cccc(F)c3C)n2)cc1)c1cccc(/C(C)=N/c2cccc(F)c2C)n1. The van der Waals surface area contributed by atoms with Gasteiger partial charge in [-0.1, -0.05) is 24.3 Å². The largest absolute Gasteiger partial charge is 0.252 e. The number of aliphatic imine (C=N–C) groups is 4. The first-order valence-electron chi connectivity index (χ1n) is 14.9. The summed E-state index contributed by atoms with van der Waals surface area (Å²) in [5.41, 5.74) is 9.38. The minimum absolute atomic E-state index is 0.286. The molecule has 46 heavy (non-hydrogen) atoms. The summed E-state index contributed by atoms with van der Waals surface area (Å²) in [6.45, 7) is 11.0. The normalized spacial score (nSPS) is 12.9. The summed E-state index contributed by atoms with van der Waals surface area (Å²) in [7, 11) is 0. The van der Waals surface area contributed by atoms with Crippen molar-refractivity contribution in [3.63, 3.8) is 0 Å². The van der Waals surface area contributed by atoms with Gasteiger partial charge in [-0.2, -0.15) is 0 Å². The van der Waals surface area contributed by atoms with Crippen LogP contribution in [-0.2, 0) is 0 Å². The highest BCUT2D eigenvalue weighted by Crippen LogP contribution is 2.24. The number of halogens is 2. The van der Waals surface area contributed by atoms with Gasteiger partial charge in [0.25, 0.3) is 0 Å². The van der Waals surface area contributed by atoms with Gasteiger partial charge in [-0.05, 0) is 114 Å². The number of hydrogen-bond donors (Lipinski definition) is 0. The molecule has 2 aromatic heterocycles. The van der Waals surface area contributed by atoms with Crippen LogP contribution in [0.25, 0.3) is 0 Å². The summed E-state index contributed by atoms with van der Waals surface area (Å²) < 4.78 is 27.9. The molecule has 0 aliphatic carbocycles. The van der Waals surface area contributed by atoms with E-state index < -0.39 is 0 Å². The molecule has 0 saturated heterocycles. The van der Waals surface area contributed by atoms with Crippen molar-refractivity contribution in [1.29, 1.82) is 0 Å². The van der Waals surface area contributed by atoms with Crippen molar-refractivity contribution in [3.05, 3.63) is 143 Å². The smallest absolute Gasteiger partial charge is 0.128 e. The van der Waals surface area contributed by atoms with Gasteiger partial charge >= 0.3 is 0 Å². The molecule has 0 fully saturated rings. The van der Waals surface area contributed by atoms with E-state index in [0.29, 0.717) is 45.3 Å². The number of rotatable bonds is 8. The first-order valence-corrected chi connectivity index (χ1v) is 14.9. The molecule has 0 aliphatic heterocycles. The predicted molar refractivity (Wildman–Crippen MR) is 185 cm³/mol. The monoisotopic (exact) mass is 612 g/mol. The second-order valence-corrected chi connectivity index (χ2v) is 10.9. The van der Waals surface area contributed by atoms with E-state index in [-0.39, 0.29) is 11.6 Å². The molecule has 230 valence electrons. The van der Waals surface area contributed by atoms with Crippen LogP contribution in [0.3, 0.4) is 0 Å². The summed E-state index contributed by atoms with van der Waals surface area (Å²) >= 11 is 0. The molecule has 6 nitrogen and oxygen atoms in total. The van der Waals surface area contributed by atoms with Gasteiger partial charge in [-0.15, -0.1) is 0 Å². The quantitative estimate of drug-likeness (QED) is 0.164. The third-order valence-electron chi connectivity index (χ3n) is 7.48. The third-order valence-corrected chi connectivity index (χ3v) is 7.48. The average Bonchev–Trinajstić information content (AvgIpc) is 3.06. The van der Waals surface area contributed by atoms with Gasteiger partial charge in [0, 0.05) is 11.1 Å². The van der Waals surface area contributed by atoms with E-state index in [1.807, 2.05) is 88.4 Å². The van der Waals surface area contributed by atoms with E-state index in [4.69, 9.17) is 20.0 Å². The predicted octanol–water partition coefficient (Wildman–Crippen LogP) is 9.93. The van der Waals surface area contributed by atoms with Crippen molar-refractivity contribution in [2.75, 3.05) is 0 Å². The Morgan fingerprint density at radius 2 is 0.739 bits per heavy atom. The van der Waals surface area contributed by atoms with Crippen LogP contribution < -0.4 is 0 Å². The number of hydrogen-bond acceptors (Lipinski definition) is 6. The van der Waals surface area contributed by atoms with E-state index in [1.165, 1.54) is 12.1 Å². The molecule has 0 spiro atoms. The molecule has 5 aromatic rings. The molecule has 0 amide bonds. The first-order chi connectivity index (χ1) is 22.1. The molecule has 0 radical (unpaired) electrons. The Hall–Kier alpha value is -5.50. The van der Waals surface area contributed by atoms with Crippen LogP contribution in [0.4, 0.5) is 31.5 Å². The lowest BCUT2D eigenvalue weighted by atomic mass is 10.1. The van der Waals surface area contributed by atoms with Gasteiger partial charge in [-0.3, -0.25) is 20.0 Å². The highest BCUT2D eigenvalue weighted by Gasteiger charge is 2.09. The second-order valence-electron chi connectivity index (χ2n) is 10.9. The lowest BCUT2D eigenvalue weighted by Crippen LogP contribution is -2.05. The maximum atomic E-state index is 14.0. The van der Waals surface area contributed by atoms with Gasteiger partial charge in [0.15, 0.2) is 0 Å². The van der Waals surface area contributed by atoms with Gasteiger partial charge in [0.1, 0.15) is 11.6 Å². The molecule has 0 bridgehead atoms. The maximum absolute atomic E-state index is 14.0. The van der Waals surface area contributed by atoms with Crippen molar-refractivity contribution in [3.8, 4) is 0 Å². The Bertz CT molecular complexity index is 1880. The lowest BCUT2D eigenvalue weighted by molar-refractivity contribution is 0.618. The molecule has 0 atom stereocenters. The first kappa shape index (κ1) is 31.9. The summed E-state index contributed by atoms with van der Waals surface area (Å²) in [5, 5.41) is 0. The summed E-state index contributed by atoms with van der Waals surface area (Å²) in [6.07, 6.45) is 0. The number of aromatic nitrogens is 2. The molecular formula is C38H34F2N6. The average molecular weight is 613 g/mol. The number of nitrogens with zero attached hydrogens (tertiary/aromatic N) is 6. The van der Waals surface area contributed by atoms with Crippen LogP contribution >= 0.6 is 0 Å². The molecule has 0 unspecified atom stereocenters. The Morgan fingerprint density at radius 1 is 0.435 bits per heavy atom. The van der Waals surface area contributed by atoms with Gasteiger partial charge < -0.3 is 0 Å². The van der Waals surface area contributed by atoms with Crippen LogP contribution in [0.2, 0.25) is 0 Å². The minimum Gasteiger partial charge on any atom is -0.252 e. The molecule has 0 N–H and O–H groups in total. The van der Waals surface area contributed by atoms with Crippen LogP contribution in [0.5, 0.6) is 0 Å². The fourth-order valence-electron chi connectivity index (χ4n) is 4.69. The van der Waals surface area contributed by atoms with E-state index in [9.17, 15) is 8.78 Å². The molecule has 3 aromatic carbocycles. The fourth-order valence-corrected chi connectivity index (χ4v) is 4.69. The standard InChI is InChI=1S/C38H34F2N6/c1-23-31(39)11-7-13-33(23)43-27(5)37-17-9-15-35(45-37)25(3)41-29-19-21-30(22-20-29)42-26(4)36-16-10-18-38(46-36)28(6)44-34-14-8-12-32(40)24(34)2/h7-22H,1-6H3/b41-25+,42-26+,43-27+,44-28+. The van der Waals surface area contributed by atoms with Crippen LogP contribution in [-0.4, -0.2) is 32.8 Å². The van der Waals surface area contributed by atoms with Crippen molar-refractivity contribution in [2.45, 2.75) is 41.5 Å². The maximum Gasteiger partial charge on any atom is 0.128 e. The molecule has 5 rings (SSSR count). The highest BCUT2D eigenvalue weighted by molar-refractivity contribution is 6.03. The molecular weight excluding hydrogens is 578 g/mol. The van der Waals surface area contributed by atoms with Crippen LogP contribution in [0.15, 0.2) is 117 Å². The molecule has 0 saturated carbocycles. The van der Waals surface area contributed by atoms with Crippen molar-refractivity contribution in [2.24, 2.45) is 20.0 Å². The molecule has 0 aliphatic rings. The third kappa shape index (κ3) is 7.58. The van der Waals surface area contributed by atoms with Crippen molar-refractivity contribution < 1.29 is 8.78 Å². The Balaban J connectivity index is 1.31. The summed E-state index contributed by atoms with van der Waals surface area (Å²) in [5.74, 6) is -0.573. The topological polar surface area (TPSA) is 75.2 Å². The van der Waals surface area contributed by atoms with Crippen LogP contribution in [0.1, 0.15) is 61.6 Å². The van der Waals surface area contributed by atoms with E-state index in [0.717, 1.165) is 34.2 Å². The zero-order chi connectivity index (χ0) is 32.8. The fraction of sp³-hybridized carbons (Fsp3) is 0.158. The molecule has 2 heterocycles. The zero-order valence-corrected chi connectivity index (χ0v) is 26.7.